The SMILES string of the molecule is CCS(F)(I)CC. The molecule has 0 fully saturated rings. The monoisotopic (exact) mass is 236 g/mol. The molecule has 0 aromatic carbocycles. The Kier molecular flexibility index (Phi) is 3.57. The first-order valence-electron chi connectivity index (χ1n) is 2.30. The van der Waals surface area contributed by atoms with E-state index in [9.17, 15) is 3.89 Å². The maximum Gasteiger partial charge on any atom is 0.00959 e. The van der Waals surface area contributed by atoms with Crippen LogP contribution in [-0.2, 0) is 0 Å². The van der Waals surface area contributed by atoms with Gasteiger partial charge in [0, 0.05) is 32.7 Å². The predicted octanol–water partition coefficient (Wildman–Crippen LogP) is 3.07. The van der Waals surface area contributed by atoms with Crippen LogP contribution in [0.2, 0.25) is 0 Å². The molecular formula is C4H10FIS. The van der Waals surface area contributed by atoms with Crippen molar-refractivity contribution in [1.82, 2.24) is 0 Å². The summed E-state index contributed by atoms with van der Waals surface area (Å²) in [4.78, 5) is 0. The van der Waals surface area contributed by atoms with E-state index in [0.29, 0.717) is 11.5 Å². The van der Waals surface area contributed by atoms with Crippen molar-refractivity contribution in [2.75, 3.05) is 11.5 Å². The van der Waals surface area contributed by atoms with E-state index < -0.39 is 7.59 Å². The Hall–Kier alpha value is 1.01. The van der Waals surface area contributed by atoms with Gasteiger partial charge in [0.05, 0.1) is 0 Å². The van der Waals surface area contributed by atoms with Gasteiger partial charge in [0.2, 0.25) is 0 Å². The van der Waals surface area contributed by atoms with Gasteiger partial charge in [-0.05, 0) is 7.59 Å². The van der Waals surface area contributed by atoms with E-state index in [1.54, 1.807) is 0 Å². The van der Waals surface area contributed by atoms with Crippen molar-refractivity contribution in [2.24, 2.45) is 0 Å². The Bertz CT molecular complexity index is 49.7. The molecule has 0 aromatic rings. The van der Waals surface area contributed by atoms with Crippen LogP contribution in [0.3, 0.4) is 0 Å². The first-order valence-corrected chi connectivity index (χ1v) is 6.71. The molecule has 0 aliphatic rings. The lowest BCUT2D eigenvalue weighted by atomic mass is 11.0. The van der Waals surface area contributed by atoms with E-state index in [1.807, 2.05) is 35.1 Å². The van der Waals surface area contributed by atoms with E-state index >= 15 is 0 Å². The van der Waals surface area contributed by atoms with Crippen LogP contribution in [-0.4, -0.2) is 11.5 Å². The fraction of sp³-hybridized carbons (Fsp3) is 1.00. The van der Waals surface area contributed by atoms with Crippen molar-refractivity contribution < 1.29 is 3.89 Å². The molecule has 0 unspecified atom stereocenters. The van der Waals surface area contributed by atoms with Crippen LogP contribution in [0.1, 0.15) is 13.8 Å². The molecule has 0 spiro atoms. The minimum atomic E-state index is -1.69. The second-order valence-corrected chi connectivity index (χ2v) is 8.56. The lowest BCUT2D eigenvalue weighted by molar-refractivity contribution is 0.907. The molecule has 0 N–H and O–H groups in total. The molecule has 0 saturated carbocycles. The van der Waals surface area contributed by atoms with Gasteiger partial charge in [-0.25, -0.2) is 0 Å². The van der Waals surface area contributed by atoms with Gasteiger partial charge in [-0.2, -0.15) is 3.89 Å². The maximum absolute atomic E-state index is 12.6. The minimum absolute atomic E-state index is 0.698. The molecule has 0 bridgehead atoms. The van der Waals surface area contributed by atoms with Crippen LogP contribution < -0.4 is 0 Å². The molecule has 3 heteroatoms. The van der Waals surface area contributed by atoms with Gasteiger partial charge < -0.3 is 0 Å². The molecule has 0 saturated heterocycles. The van der Waals surface area contributed by atoms with Crippen molar-refractivity contribution in [3.8, 4) is 0 Å². The Labute approximate surface area is 58.1 Å². The minimum Gasteiger partial charge on any atom is -0.179 e. The zero-order valence-corrected chi connectivity index (χ0v) is 7.55. The van der Waals surface area contributed by atoms with Crippen molar-refractivity contribution in [3.63, 3.8) is 0 Å². The molecule has 0 nitrogen and oxygen atoms in total. The molecule has 0 rings (SSSR count). The van der Waals surface area contributed by atoms with Crippen molar-refractivity contribution >= 4 is 28.8 Å². The first kappa shape index (κ1) is 8.01. The van der Waals surface area contributed by atoms with E-state index in [2.05, 4.69) is 0 Å². The fourth-order valence-electron chi connectivity index (χ4n) is 0.204. The molecule has 7 heavy (non-hydrogen) atoms. The summed E-state index contributed by atoms with van der Waals surface area (Å²) in [6.45, 7) is 3.79. The summed E-state index contributed by atoms with van der Waals surface area (Å²) in [5.41, 5.74) is 0. The summed E-state index contributed by atoms with van der Waals surface area (Å²) < 4.78 is 12.6. The quantitative estimate of drug-likeness (QED) is 0.646. The lowest BCUT2D eigenvalue weighted by Gasteiger charge is -2.17. The zero-order chi connectivity index (χ0) is 5.91. The Balaban J connectivity index is 3.36. The van der Waals surface area contributed by atoms with Crippen LogP contribution in [0.5, 0.6) is 0 Å². The molecule has 0 radical (unpaired) electrons. The number of hydrogen-bond acceptors (Lipinski definition) is 0. The van der Waals surface area contributed by atoms with Gasteiger partial charge in [0.15, 0.2) is 0 Å². The summed E-state index contributed by atoms with van der Waals surface area (Å²) in [7, 11) is -1.69. The molecule has 0 aromatic heterocycles. The van der Waals surface area contributed by atoms with E-state index in [1.165, 1.54) is 0 Å². The fourth-order valence-corrected chi connectivity index (χ4v) is 0.612. The Morgan fingerprint density at radius 3 is 1.71 bits per heavy atom. The maximum atomic E-state index is 12.6. The third-order valence-electron chi connectivity index (χ3n) is 0.845. The van der Waals surface area contributed by atoms with Gasteiger partial charge in [-0.15, -0.1) is 0 Å². The zero-order valence-electron chi connectivity index (χ0n) is 4.58. The third kappa shape index (κ3) is 3.58. The second kappa shape index (κ2) is 3.12. The predicted molar refractivity (Wildman–Crippen MR) is 43.8 cm³/mol. The Morgan fingerprint density at radius 1 is 1.43 bits per heavy atom. The highest BCUT2D eigenvalue weighted by molar-refractivity contribution is 14.2. The number of rotatable bonds is 2. The lowest BCUT2D eigenvalue weighted by Crippen LogP contribution is -1.87. The highest BCUT2D eigenvalue weighted by Gasteiger charge is 2.11. The van der Waals surface area contributed by atoms with Crippen molar-refractivity contribution in [3.05, 3.63) is 0 Å². The number of hydrogen-bond donors (Lipinski definition) is 0. The first-order chi connectivity index (χ1) is 3.12. The van der Waals surface area contributed by atoms with Gasteiger partial charge in [-0.1, -0.05) is 13.8 Å². The molecule has 46 valence electrons. The normalized spacial score (nSPS) is 14.3. The summed E-state index contributed by atoms with van der Waals surface area (Å²) in [6.07, 6.45) is 0. The highest BCUT2D eigenvalue weighted by atomic mass is 127. The summed E-state index contributed by atoms with van der Waals surface area (Å²) in [5.74, 6) is 1.40. The van der Waals surface area contributed by atoms with E-state index in [0.717, 1.165) is 0 Å². The molecule has 0 heterocycles. The standard InChI is InChI=1S/C4H10FIS/c1-3-7(5,6)4-2/h3-4H2,1-2H3. The summed E-state index contributed by atoms with van der Waals surface area (Å²) in [5, 5.41) is 0. The smallest absolute Gasteiger partial charge is 0.00959 e. The van der Waals surface area contributed by atoms with Gasteiger partial charge in [0.1, 0.15) is 0 Å². The van der Waals surface area contributed by atoms with Gasteiger partial charge in [-0.3, -0.25) is 0 Å². The molecule has 0 amide bonds. The van der Waals surface area contributed by atoms with Gasteiger partial charge >= 0.3 is 0 Å². The second-order valence-electron chi connectivity index (χ2n) is 1.28. The molecule has 0 aliphatic carbocycles. The van der Waals surface area contributed by atoms with Crippen molar-refractivity contribution in [2.45, 2.75) is 13.8 Å². The average Bonchev–Trinajstić information content (AvgIpc) is 1.68. The van der Waals surface area contributed by atoms with Crippen LogP contribution in [0.4, 0.5) is 3.89 Å². The third-order valence-corrected chi connectivity index (χ3v) is 6.27. The van der Waals surface area contributed by atoms with Gasteiger partial charge in [0.25, 0.3) is 0 Å². The van der Waals surface area contributed by atoms with Crippen LogP contribution in [0.25, 0.3) is 0 Å². The van der Waals surface area contributed by atoms with Crippen LogP contribution in [0.15, 0.2) is 0 Å². The molecule has 0 atom stereocenters. The summed E-state index contributed by atoms with van der Waals surface area (Å²) in [6, 6.07) is 0. The largest absolute Gasteiger partial charge is 0.179 e. The Morgan fingerprint density at radius 2 is 1.71 bits per heavy atom. The van der Waals surface area contributed by atoms with E-state index in [-0.39, 0.29) is 0 Å². The molecule has 0 aliphatic heterocycles. The van der Waals surface area contributed by atoms with Crippen molar-refractivity contribution in [1.29, 1.82) is 0 Å². The average molecular weight is 236 g/mol. The number of halogens is 2. The highest BCUT2D eigenvalue weighted by Crippen LogP contribution is 2.56. The molecular weight excluding hydrogens is 226 g/mol. The topological polar surface area (TPSA) is 0 Å². The van der Waals surface area contributed by atoms with E-state index in [4.69, 9.17) is 0 Å². The van der Waals surface area contributed by atoms with Crippen LogP contribution >= 0.6 is 28.8 Å². The van der Waals surface area contributed by atoms with Crippen LogP contribution in [0, 0.1) is 0 Å². The summed E-state index contributed by atoms with van der Waals surface area (Å²) >= 11 is 1.92.